The van der Waals surface area contributed by atoms with E-state index in [4.69, 9.17) is 5.21 Å². The molecular formula is C22H23F5N4O5. The Kier molecular flexibility index (Phi) is 10.4. The van der Waals surface area contributed by atoms with Gasteiger partial charge in [0, 0.05) is 30.3 Å². The van der Waals surface area contributed by atoms with Crippen LogP contribution in [0.2, 0.25) is 0 Å². The molecule has 0 aliphatic heterocycles. The number of unbranched alkanes of at least 4 members (excludes halogenated alkanes) is 3. The van der Waals surface area contributed by atoms with Crippen LogP contribution < -0.4 is 26.2 Å². The molecule has 4 amide bonds. The Bertz CT molecular complexity index is 1080. The van der Waals surface area contributed by atoms with Crippen LogP contribution in [0.3, 0.4) is 0 Å². The highest BCUT2D eigenvalue weighted by Crippen LogP contribution is 2.27. The van der Waals surface area contributed by atoms with Crippen molar-refractivity contribution in [2.24, 2.45) is 0 Å². The van der Waals surface area contributed by atoms with Gasteiger partial charge in [-0.05, 0) is 43.2 Å². The lowest BCUT2D eigenvalue weighted by atomic mass is 10.1. The summed E-state index contributed by atoms with van der Waals surface area (Å²) in [5, 5.41) is 15.3. The first-order chi connectivity index (χ1) is 17.0. The van der Waals surface area contributed by atoms with E-state index < -0.39 is 41.6 Å². The standard InChI is InChI=1S/C22H23F5N4O5/c23-15-11-13(20(33)28-10-4-2-1-3-5-19(32)31-35)6-8-17(15)30-21(34)29-14-7-9-18(16(24)12-14)36-22(25,26)27/h6-9,11-12,35H,1-5,10H2,(H,28,33)(H,31,32)(H2,29,30,34). The molecule has 14 heteroatoms. The van der Waals surface area contributed by atoms with Crippen LogP contribution >= 0.6 is 0 Å². The van der Waals surface area contributed by atoms with E-state index in [1.54, 1.807) is 0 Å². The van der Waals surface area contributed by atoms with E-state index in [-0.39, 0.29) is 23.4 Å². The first-order valence-corrected chi connectivity index (χ1v) is 10.6. The summed E-state index contributed by atoms with van der Waals surface area (Å²) >= 11 is 0. The number of benzene rings is 2. The van der Waals surface area contributed by atoms with E-state index in [2.05, 4.69) is 20.7 Å². The highest BCUT2D eigenvalue weighted by atomic mass is 19.4. The minimum atomic E-state index is -5.09. The average molecular weight is 518 g/mol. The van der Waals surface area contributed by atoms with Gasteiger partial charge in [0.2, 0.25) is 5.91 Å². The Morgan fingerprint density at radius 3 is 2.25 bits per heavy atom. The largest absolute Gasteiger partial charge is 0.573 e. The molecule has 0 aliphatic carbocycles. The fraction of sp³-hybridized carbons (Fsp3) is 0.318. The van der Waals surface area contributed by atoms with Crippen molar-refractivity contribution in [2.45, 2.75) is 38.5 Å². The van der Waals surface area contributed by atoms with Gasteiger partial charge < -0.3 is 20.7 Å². The molecule has 0 spiro atoms. The van der Waals surface area contributed by atoms with Crippen molar-refractivity contribution in [1.29, 1.82) is 0 Å². The van der Waals surface area contributed by atoms with E-state index in [0.717, 1.165) is 31.0 Å². The van der Waals surface area contributed by atoms with Gasteiger partial charge >= 0.3 is 12.4 Å². The predicted octanol–water partition coefficient (Wildman–Crippen LogP) is 4.69. The zero-order chi connectivity index (χ0) is 26.7. The molecule has 0 heterocycles. The number of nitrogens with one attached hydrogen (secondary N) is 4. The molecule has 2 aromatic rings. The lowest BCUT2D eigenvalue weighted by molar-refractivity contribution is -0.275. The zero-order valence-electron chi connectivity index (χ0n) is 18.7. The number of hydrogen-bond acceptors (Lipinski definition) is 5. The van der Waals surface area contributed by atoms with Gasteiger partial charge in [0.1, 0.15) is 5.82 Å². The Balaban J connectivity index is 1.82. The van der Waals surface area contributed by atoms with Crippen LogP contribution in [0, 0.1) is 11.6 Å². The number of carbonyl (C=O) groups excluding carboxylic acids is 3. The van der Waals surface area contributed by atoms with Crippen molar-refractivity contribution in [2.75, 3.05) is 17.2 Å². The Hall–Kier alpha value is -3.94. The molecule has 0 aliphatic rings. The molecular weight excluding hydrogens is 495 g/mol. The number of carbonyl (C=O) groups is 3. The van der Waals surface area contributed by atoms with Crippen LogP contribution in [0.25, 0.3) is 0 Å². The Morgan fingerprint density at radius 2 is 1.61 bits per heavy atom. The maximum absolute atomic E-state index is 14.4. The van der Waals surface area contributed by atoms with Crippen molar-refractivity contribution < 1.29 is 46.3 Å². The molecule has 9 nitrogen and oxygen atoms in total. The normalized spacial score (nSPS) is 10.9. The number of hydroxylamine groups is 1. The second-order valence-corrected chi connectivity index (χ2v) is 7.42. The lowest BCUT2D eigenvalue weighted by Crippen LogP contribution is -2.25. The van der Waals surface area contributed by atoms with Gasteiger partial charge in [-0.2, -0.15) is 0 Å². The van der Waals surface area contributed by atoms with Crippen molar-refractivity contribution in [3.8, 4) is 5.75 Å². The van der Waals surface area contributed by atoms with Gasteiger partial charge in [-0.15, -0.1) is 13.2 Å². The second-order valence-electron chi connectivity index (χ2n) is 7.42. The number of ether oxygens (including phenoxy) is 1. The first-order valence-electron chi connectivity index (χ1n) is 10.6. The molecule has 196 valence electrons. The number of anilines is 2. The minimum absolute atomic E-state index is 0.000370. The highest BCUT2D eigenvalue weighted by Gasteiger charge is 2.32. The third-order valence-electron chi connectivity index (χ3n) is 4.64. The van der Waals surface area contributed by atoms with Gasteiger partial charge in [0.25, 0.3) is 5.91 Å². The van der Waals surface area contributed by atoms with Gasteiger partial charge in [-0.3, -0.25) is 14.8 Å². The third kappa shape index (κ3) is 9.74. The van der Waals surface area contributed by atoms with Gasteiger partial charge in [0.05, 0.1) is 5.69 Å². The number of halogens is 5. The summed E-state index contributed by atoms with van der Waals surface area (Å²) in [5.41, 5.74) is 1.02. The molecule has 2 rings (SSSR count). The van der Waals surface area contributed by atoms with E-state index in [9.17, 15) is 36.3 Å². The van der Waals surface area contributed by atoms with Crippen LogP contribution in [-0.2, 0) is 4.79 Å². The fourth-order valence-corrected chi connectivity index (χ4v) is 2.95. The molecule has 0 atom stereocenters. The van der Waals surface area contributed by atoms with Crippen LogP contribution in [-0.4, -0.2) is 36.0 Å². The molecule has 0 aromatic heterocycles. The monoisotopic (exact) mass is 518 g/mol. The van der Waals surface area contributed by atoms with Crippen LogP contribution in [0.15, 0.2) is 36.4 Å². The number of urea groups is 1. The second kappa shape index (κ2) is 13.2. The molecule has 0 saturated heterocycles. The van der Waals surface area contributed by atoms with Gasteiger partial charge in [-0.25, -0.2) is 19.1 Å². The number of alkyl halides is 3. The summed E-state index contributed by atoms with van der Waals surface area (Å²) in [7, 11) is 0. The van der Waals surface area contributed by atoms with Crippen LogP contribution in [0.1, 0.15) is 42.5 Å². The lowest BCUT2D eigenvalue weighted by Gasteiger charge is -2.12. The summed E-state index contributed by atoms with van der Waals surface area (Å²) in [6.45, 7) is 0.318. The van der Waals surface area contributed by atoms with Crippen molar-refractivity contribution in [1.82, 2.24) is 10.8 Å². The third-order valence-corrected chi connectivity index (χ3v) is 4.64. The van der Waals surface area contributed by atoms with Crippen molar-refractivity contribution in [3.05, 3.63) is 53.6 Å². The molecule has 5 N–H and O–H groups in total. The zero-order valence-corrected chi connectivity index (χ0v) is 18.7. The van der Waals surface area contributed by atoms with E-state index in [1.807, 2.05) is 0 Å². The smallest absolute Gasteiger partial charge is 0.403 e. The van der Waals surface area contributed by atoms with Gasteiger partial charge in [-0.1, -0.05) is 12.8 Å². The van der Waals surface area contributed by atoms with Crippen molar-refractivity contribution in [3.63, 3.8) is 0 Å². The molecule has 0 bridgehead atoms. The summed E-state index contributed by atoms with van der Waals surface area (Å²) in [6, 6.07) is 4.52. The van der Waals surface area contributed by atoms with E-state index >= 15 is 0 Å². The van der Waals surface area contributed by atoms with E-state index in [0.29, 0.717) is 31.5 Å². The quantitative estimate of drug-likeness (QED) is 0.128. The number of amides is 4. The highest BCUT2D eigenvalue weighted by molar-refractivity contribution is 6.00. The molecule has 0 fully saturated rings. The first kappa shape index (κ1) is 28.3. The topological polar surface area (TPSA) is 129 Å². The van der Waals surface area contributed by atoms with E-state index in [1.165, 1.54) is 11.5 Å². The molecule has 2 aromatic carbocycles. The summed E-state index contributed by atoms with van der Waals surface area (Å²) < 4.78 is 68.2. The number of hydrogen-bond donors (Lipinski definition) is 5. The fourth-order valence-electron chi connectivity index (χ4n) is 2.95. The van der Waals surface area contributed by atoms with Crippen LogP contribution in [0.5, 0.6) is 5.75 Å². The average Bonchev–Trinajstić information content (AvgIpc) is 2.80. The van der Waals surface area contributed by atoms with Crippen LogP contribution in [0.4, 0.5) is 38.1 Å². The number of rotatable bonds is 11. The minimum Gasteiger partial charge on any atom is -0.403 e. The maximum atomic E-state index is 14.4. The Morgan fingerprint density at radius 1 is 0.889 bits per heavy atom. The molecule has 36 heavy (non-hydrogen) atoms. The van der Waals surface area contributed by atoms with Gasteiger partial charge in [0.15, 0.2) is 11.6 Å². The Labute approximate surface area is 202 Å². The summed E-state index contributed by atoms with van der Waals surface area (Å²) in [4.78, 5) is 35.1. The molecule has 0 radical (unpaired) electrons. The van der Waals surface area contributed by atoms with Crippen molar-refractivity contribution >= 4 is 29.2 Å². The summed E-state index contributed by atoms with van der Waals surface area (Å²) in [5.74, 6) is -4.40. The maximum Gasteiger partial charge on any atom is 0.573 e. The predicted molar refractivity (Wildman–Crippen MR) is 117 cm³/mol. The SMILES string of the molecule is O=C(CCCCCCNC(=O)c1ccc(NC(=O)Nc2ccc(OC(F)(F)F)c(F)c2)c(F)c1)NO. The molecule has 0 saturated carbocycles. The molecule has 0 unspecified atom stereocenters. The summed E-state index contributed by atoms with van der Waals surface area (Å²) in [6.07, 6.45) is -2.24.